The number of aryl methyl sites for hydroxylation is 1. The minimum atomic E-state index is 0.0836. The second-order valence-electron chi connectivity index (χ2n) is 6.39. The molecule has 27 heavy (non-hydrogen) atoms. The van der Waals surface area contributed by atoms with Gasteiger partial charge in [-0.2, -0.15) is 0 Å². The van der Waals surface area contributed by atoms with Crippen molar-refractivity contribution in [1.29, 1.82) is 0 Å². The van der Waals surface area contributed by atoms with Gasteiger partial charge >= 0.3 is 0 Å². The van der Waals surface area contributed by atoms with Crippen molar-refractivity contribution in [3.05, 3.63) is 66.2 Å². The highest BCUT2D eigenvalue weighted by atomic mass is 32.1. The highest BCUT2D eigenvalue weighted by molar-refractivity contribution is 7.18. The van der Waals surface area contributed by atoms with E-state index in [1.165, 1.54) is 11.3 Å². The average Bonchev–Trinajstić information content (AvgIpc) is 3.17. The minimum Gasteiger partial charge on any atom is -0.356 e. The van der Waals surface area contributed by atoms with Gasteiger partial charge in [-0.05, 0) is 42.5 Å². The number of anilines is 1. The first-order chi connectivity index (χ1) is 13.2. The third-order valence-electron chi connectivity index (χ3n) is 4.45. The third-order valence-corrected chi connectivity index (χ3v) is 5.36. The zero-order chi connectivity index (χ0) is 18.6. The molecule has 6 nitrogen and oxygen atoms in total. The summed E-state index contributed by atoms with van der Waals surface area (Å²) >= 11 is 1.53. The third kappa shape index (κ3) is 3.94. The second kappa shape index (κ2) is 7.77. The van der Waals surface area contributed by atoms with Crippen molar-refractivity contribution in [3.8, 4) is 10.6 Å². The van der Waals surface area contributed by atoms with Gasteiger partial charge in [-0.25, -0.2) is 0 Å². The van der Waals surface area contributed by atoms with Crippen LogP contribution in [0.15, 0.2) is 55.0 Å². The van der Waals surface area contributed by atoms with E-state index in [0.29, 0.717) is 6.54 Å². The molecular formula is C20H20N6S. The molecule has 4 rings (SSSR count). The van der Waals surface area contributed by atoms with Crippen LogP contribution in [0.1, 0.15) is 11.3 Å². The average molecular weight is 376 g/mol. The Bertz CT molecular complexity index is 1050. The lowest BCUT2D eigenvalue weighted by atomic mass is 10.1. The molecule has 0 saturated heterocycles. The van der Waals surface area contributed by atoms with E-state index >= 15 is 0 Å². The standard InChI is InChI=1S/C20H20N6S/c1-13-18-5-4-16(10-15(18)6-8-23-13)19-25-26-20(27-19)24-17(11-21)9-14-3-2-7-22-12-14/h2-8,10,12,17H,9,11,21H2,1H3,(H,24,26). The van der Waals surface area contributed by atoms with Gasteiger partial charge < -0.3 is 11.1 Å². The van der Waals surface area contributed by atoms with Crippen molar-refractivity contribution in [2.45, 2.75) is 19.4 Å². The zero-order valence-corrected chi connectivity index (χ0v) is 15.8. The number of benzene rings is 1. The predicted molar refractivity (Wildman–Crippen MR) is 110 cm³/mol. The quantitative estimate of drug-likeness (QED) is 0.536. The molecular weight excluding hydrogens is 356 g/mol. The van der Waals surface area contributed by atoms with Gasteiger partial charge in [0.25, 0.3) is 0 Å². The summed E-state index contributed by atoms with van der Waals surface area (Å²) in [6, 6.07) is 12.4. The minimum absolute atomic E-state index is 0.0836. The largest absolute Gasteiger partial charge is 0.356 e. The molecule has 7 heteroatoms. The number of fused-ring (bicyclic) bond motifs is 1. The van der Waals surface area contributed by atoms with Gasteiger partial charge in [0, 0.05) is 47.8 Å². The van der Waals surface area contributed by atoms with Crippen LogP contribution in [0.25, 0.3) is 21.3 Å². The van der Waals surface area contributed by atoms with E-state index in [-0.39, 0.29) is 6.04 Å². The fraction of sp³-hybridized carbons (Fsp3) is 0.200. The molecule has 1 aromatic carbocycles. The Hall–Kier alpha value is -2.90. The molecule has 0 aliphatic carbocycles. The van der Waals surface area contributed by atoms with Crippen molar-refractivity contribution in [2.24, 2.45) is 5.73 Å². The van der Waals surface area contributed by atoms with Gasteiger partial charge in [0.05, 0.1) is 0 Å². The summed E-state index contributed by atoms with van der Waals surface area (Å²) in [4.78, 5) is 8.49. The van der Waals surface area contributed by atoms with Crippen LogP contribution in [0, 0.1) is 6.92 Å². The molecule has 3 heterocycles. The molecule has 0 radical (unpaired) electrons. The van der Waals surface area contributed by atoms with Gasteiger partial charge in [-0.3, -0.25) is 9.97 Å². The maximum absolute atomic E-state index is 5.93. The summed E-state index contributed by atoms with van der Waals surface area (Å²) in [5.74, 6) is 0. The number of hydrogen-bond acceptors (Lipinski definition) is 7. The maximum Gasteiger partial charge on any atom is 0.206 e. The molecule has 4 aromatic rings. The van der Waals surface area contributed by atoms with E-state index < -0.39 is 0 Å². The molecule has 0 amide bonds. The van der Waals surface area contributed by atoms with Crippen molar-refractivity contribution in [3.63, 3.8) is 0 Å². The van der Waals surface area contributed by atoms with Crippen molar-refractivity contribution < 1.29 is 0 Å². The monoisotopic (exact) mass is 376 g/mol. The number of hydrogen-bond donors (Lipinski definition) is 2. The lowest BCUT2D eigenvalue weighted by molar-refractivity contribution is 0.719. The van der Waals surface area contributed by atoms with E-state index in [1.54, 1.807) is 6.20 Å². The number of pyridine rings is 2. The zero-order valence-electron chi connectivity index (χ0n) is 15.0. The van der Waals surface area contributed by atoms with Gasteiger partial charge in [0.15, 0.2) is 0 Å². The lowest BCUT2D eigenvalue weighted by Crippen LogP contribution is -2.31. The van der Waals surface area contributed by atoms with Gasteiger partial charge in [0.1, 0.15) is 5.01 Å². The maximum atomic E-state index is 5.93. The Morgan fingerprint density at radius 3 is 2.89 bits per heavy atom. The molecule has 1 unspecified atom stereocenters. The molecule has 136 valence electrons. The molecule has 0 spiro atoms. The van der Waals surface area contributed by atoms with Crippen molar-refractivity contribution in [1.82, 2.24) is 20.2 Å². The van der Waals surface area contributed by atoms with E-state index in [4.69, 9.17) is 5.73 Å². The smallest absolute Gasteiger partial charge is 0.206 e. The van der Waals surface area contributed by atoms with Crippen LogP contribution in [0.3, 0.4) is 0 Å². The van der Waals surface area contributed by atoms with E-state index in [0.717, 1.165) is 44.2 Å². The summed E-state index contributed by atoms with van der Waals surface area (Å²) in [7, 11) is 0. The molecule has 0 saturated carbocycles. The van der Waals surface area contributed by atoms with Crippen LogP contribution < -0.4 is 11.1 Å². The topological polar surface area (TPSA) is 89.6 Å². The molecule has 3 aromatic heterocycles. The first kappa shape index (κ1) is 17.5. The summed E-state index contributed by atoms with van der Waals surface area (Å²) in [6.07, 6.45) is 6.26. The van der Waals surface area contributed by atoms with Crippen molar-refractivity contribution >= 4 is 27.2 Å². The Morgan fingerprint density at radius 2 is 2.07 bits per heavy atom. The summed E-state index contributed by atoms with van der Waals surface area (Å²) in [5.41, 5.74) is 9.15. The number of nitrogens with two attached hydrogens (primary N) is 1. The Balaban J connectivity index is 1.52. The number of nitrogens with zero attached hydrogens (tertiary/aromatic N) is 4. The van der Waals surface area contributed by atoms with E-state index in [1.807, 2.05) is 31.5 Å². The Labute approximate surface area is 161 Å². The molecule has 0 aliphatic rings. The van der Waals surface area contributed by atoms with Gasteiger partial charge in [-0.1, -0.05) is 29.5 Å². The van der Waals surface area contributed by atoms with Crippen molar-refractivity contribution in [2.75, 3.05) is 11.9 Å². The Kier molecular flexibility index (Phi) is 5.04. The first-order valence-corrected chi connectivity index (χ1v) is 9.59. The highest BCUT2D eigenvalue weighted by Crippen LogP contribution is 2.29. The van der Waals surface area contributed by atoms with Crippen LogP contribution in [0.2, 0.25) is 0 Å². The van der Waals surface area contributed by atoms with Crippen LogP contribution >= 0.6 is 11.3 Å². The van der Waals surface area contributed by atoms with Crippen LogP contribution in [-0.2, 0) is 6.42 Å². The molecule has 3 N–H and O–H groups in total. The first-order valence-electron chi connectivity index (χ1n) is 8.77. The predicted octanol–water partition coefficient (Wildman–Crippen LogP) is 3.44. The lowest BCUT2D eigenvalue weighted by Gasteiger charge is -2.15. The summed E-state index contributed by atoms with van der Waals surface area (Å²) in [6.45, 7) is 2.52. The second-order valence-corrected chi connectivity index (χ2v) is 7.36. The molecule has 0 fully saturated rings. The highest BCUT2D eigenvalue weighted by Gasteiger charge is 2.13. The van der Waals surface area contributed by atoms with Gasteiger partial charge in [0.2, 0.25) is 5.13 Å². The molecule has 0 bridgehead atoms. The summed E-state index contributed by atoms with van der Waals surface area (Å²) in [5, 5.41) is 16.0. The van der Waals surface area contributed by atoms with Crippen LogP contribution in [0.5, 0.6) is 0 Å². The van der Waals surface area contributed by atoms with Gasteiger partial charge in [-0.15, -0.1) is 10.2 Å². The van der Waals surface area contributed by atoms with E-state index in [9.17, 15) is 0 Å². The number of rotatable bonds is 6. The Morgan fingerprint density at radius 1 is 1.15 bits per heavy atom. The molecule has 0 aliphatic heterocycles. The number of nitrogens with one attached hydrogen (secondary N) is 1. The van der Waals surface area contributed by atoms with Crippen LogP contribution in [0.4, 0.5) is 5.13 Å². The number of aromatic nitrogens is 4. The fourth-order valence-electron chi connectivity index (χ4n) is 3.03. The van der Waals surface area contributed by atoms with Crippen LogP contribution in [-0.4, -0.2) is 32.8 Å². The SMILES string of the molecule is Cc1nccc2cc(-c3nnc(NC(CN)Cc4cccnc4)s3)ccc12. The molecule has 1 atom stereocenters. The fourth-order valence-corrected chi connectivity index (χ4v) is 3.85. The normalized spacial score (nSPS) is 12.2. The van der Waals surface area contributed by atoms with E-state index in [2.05, 4.69) is 49.7 Å². The summed E-state index contributed by atoms with van der Waals surface area (Å²) < 4.78 is 0.